The van der Waals surface area contributed by atoms with Crippen molar-refractivity contribution < 1.29 is 19.7 Å². The molecule has 1 fully saturated rings. The van der Waals surface area contributed by atoms with E-state index in [2.05, 4.69) is 4.85 Å². The van der Waals surface area contributed by atoms with E-state index in [1.165, 1.54) is 0 Å². The number of carbonyl (C=O) groups is 1. The first-order chi connectivity index (χ1) is 14.1. The average molecular weight is 408 g/mol. The third kappa shape index (κ3) is 3.83. The molecular formula is C22H20N2O4S. The van der Waals surface area contributed by atoms with E-state index >= 15 is 0 Å². The Labute approximate surface area is 172 Å². The van der Waals surface area contributed by atoms with Crippen LogP contribution in [-0.4, -0.2) is 48.6 Å². The molecule has 0 saturated carbocycles. The molecule has 0 aliphatic carbocycles. The number of aliphatic hydroxyl groups is 1. The number of carboxylic acid groups (broad SMARTS) is 1. The number of hydrogen-bond acceptors (Lipinski definition) is 5. The fourth-order valence-corrected chi connectivity index (χ4v) is 4.81. The van der Waals surface area contributed by atoms with Gasteiger partial charge in [-0.2, -0.15) is 0 Å². The Hall–Kier alpha value is -2.92. The van der Waals surface area contributed by atoms with Crippen molar-refractivity contribution >= 4 is 38.8 Å². The number of ether oxygens (including phenoxy) is 1. The van der Waals surface area contributed by atoms with Crippen LogP contribution in [0.25, 0.3) is 15.6 Å². The summed E-state index contributed by atoms with van der Waals surface area (Å²) in [6.07, 6.45) is 0.0516. The lowest BCUT2D eigenvalue weighted by molar-refractivity contribution is 0.00378. The first-order valence-corrected chi connectivity index (χ1v) is 10.1. The monoisotopic (exact) mass is 408 g/mol. The van der Waals surface area contributed by atoms with E-state index in [0.29, 0.717) is 42.4 Å². The van der Waals surface area contributed by atoms with E-state index in [1.807, 2.05) is 47.4 Å². The van der Waals surface area contributed by atoms with Gasteiger partial charge in [-0.1, -0.05) is 42.5 Å². The molecule has 1 aromatic heterocycles. The Morgan fingerprint density at radius 1 is 1.28 bits per heavy atom. The van der Waals surface area contributed by atoms with Gasteiger partial charge >= 0.3 is 5.97 Å². The molecule has 1 atom stereocenters. The minimum absolute atomic E-state index is 0.106. The molecule has 148 valence electrons. The normalized spacial score (nSPS) is 16.7. The zero-order valence-electron chi connectivity index (χ0n) is 15.7. The summed E-state index contributed by atoms with van der Waals surface area (Å²) in [6, 6.07) is 14.0. The highest BCUT2D eigenvalue weighted by molar-refractivity contribution is 7.18. The first-order valence-electron chi connectivity index (χ1n) is 9.32. The summed E-state index contributed by atoms with van der Waals surface area (Å²) in [6.45, 7) is 9.05. The van der Waals surface area contributed by atoms with Crippen molar-refractivity contribution in [3.05, 3.63) is 69.9 Å². The number of aromatic carboxylic acids is 1. The SMILES string of the molecule is [C-]#[N+]c1c(N2CCOC(CO)C2)sc(C(=O)O)c1Cc1ccc2ccccc2c1. The molecular weight excluding hydrogens is 388 g/mol. The topological polar surface area (TPSA) is 74.4 Å². The van der Waals surface area contributed by atoms with E-state index in [-0.39, 0.29) is 17.6 Å². The van der Waals surface area contributed by atoms with Crippen LogP contribution in [0.2, 0.25) is 0 Å². The first kappa shape index (κ1) is 19.4. The van der Waals surface area contributed by atoms with E-state index in [9.17, 15) is 15.0 Å². The van der Waals surface area contributed by atoms with Crippen LogP contribution in [0.4, 0.5) is 10.7 Å². The van der Waals surface area contributed by atoms with Crippen molar-refractivity contribution in [3.8, 4) is 0 Å². The van der Waals surface area contributed by atoms with Crippen LogP contribution in [0, 0.1) is 6.57 Å². The summed E-state index contributed by atoms with van der Waals surface area (Å²) in [4.78, 5) is 17.8. The van der Waals surface area contributed by atoms with Crippen molar-refractivity contribution in [2.75, 3.05) is 31.2 Å². The lowest BCUT2D eigenvalue weighted by Crippen LogP contribution is -2.43. The molecule has 1 aliphatic rings. The minimum Gasteiger partial charge on any atom is -0.477 e. The van der Waals surface area contributed by atoms with Crippen LogP contribution < -0.4 is 4.90 Å². The fraction of sp³-hybridized carbons (Fsp3) is 0.273. The Balaban J connectivity index is 1.74. The Bertz CT molecular complexity index is 1100. The molecule has 3 aromatic rings. The largest absolute Gasteiger partial charge is 0.477 e. The van der Waals surface area contributed by atoms with E-state index in [0.717, 1.165) is 27.7 Å². The third-order valence-corrected chi connectivity index (χ3v) is 6.36. The molecule has 2 aromatic carbocycles. The highest BCUT2D eigenvalue weighted by Crippen LogP contribution is 2.44. The molecule has 1 unspecified atom stereocenters. The van der Waals surface area contributed by atoms with Crippen LogP contribution in [0.15, 0.2) is 42.5 Å². The molecule has 6 nitrogen and oxygen atoms in total. The second-order valence-electron chi connectivity index (χ2n) is 6.96. The van der Waals surface area contributed by atoms with Crippen molar-refractivity contribution in [2.45, 2.75) is 12.5 Å². The number of nitrogens with zero attached hydrogens (tertiary/aromatic N) is 2. The molecule has 4 rings (SSSR count). The summed E-state index contributed by atoms with van der Waals surface area (Å²) in [5.74, 6) is -1.02. The van der Waals surface area contributed by atoms with Crippen LogP contribution in [0.1, 0.15) is 20.8 Å². The molecule has 0 spiro atoms. The second-order valence-corrected chi connectivity index (χ2v) is 7.96. The number of morpholine rings is 1. The van der Waals surface area contributed by atoms with Gasteiger partial charge in [-0.05, 0) is 28.3 Å². The van der Waals surface area contributed by atoms with Crippen molar-refractivity contribution in [1.82, 2.24) is 0 Å². The maximum absolute atomic E-state index is 11.9. The summed E-state index contributed by atoms with van der Waals surface area (Å²) < 4.78 is 5.49. The third-order valence-electron chi connectivity index (χ3n) is 5.09. The lowest BCUT2D eigenvalue weighted by atomic mass is 10.0. The van der Waals surface area contributed by atoms with Gasteiger partial charge < -0.3 is 19.8 Å². The van der Waals surface area contributed by atoms with Crippen LogP contribution in [0.5, 0.6) is 0 Å². The van der Waals surface area contributed by atoms with Gasteiger partial charge in [0.25, 0.3) is 0 Å². The molecule has 0 amide bonds. The number of anilines is 1. The maximum atomic E-state index is 11.9. The molecule has 1 saturated heterocycles. The van der Waals surface area contributed by atoms with Crippen LogP contribution in [-0.2, 0) is 11.2 Å². The van der Waals surface area contributed by atoms with Crippen LogP contribution >= 0.6 is 11.3 Å². The van der Waals surface area contributed by atoms with E-state index in [4.69, 9.17) is 11.3 Å². The number of aliphatic hydroxyl groups excluding tert-OH is 1. The van der Waals surface area contributed by atoms with Gasteiger partial charge in [0.1, 0.15) is 4.88 Å². The van der Waals surface area contributed by atoms with Crippen molar-refractivity contribution in [2.24, 2.45) is 0 Å². The van der Waals surface area contributed by atoms with E-state index < -0.39 is 5.97 Å². The standard InChI is InChI=1S/C22H20N2O4S/c1-23-19-18(11-14-6-7-15-4-2-3-5-16(15)10-14)20(22(26)27)29-21(19)24-8-9-28-17(12-24)13-25/h2-7,10,17,25H,8-9,11-13H2,(H,26,27). The second kappa shape index (κ2) is 8.21. The van der Waals surface area contributed by atoms with Gasteiger partial charge in [-0.15, -0.1) is 11.3 Å². The summed E-state index contributed by atoms with van der Waals surface area (Å²) in [5, 5.41) is 22.0. The van der Waals surface area contributed by atoms with Gasteiger partial charge in [0.2, 0.25) is 5.69 Å². The van der Waals surface area contributed by atoms with Gasteiger partial charge in [-0.25, -0.2) is 9.64 Å². The maximum Gasteiger partial charge on any atom is 0.344 e. The molecule has 1 aliphatic heterocycles. The van der Waals surface area contributed by atoms with Crippen molar-refractivity contribution in [1.29, 1.82) is 0 Å². The molecule has 7 heteroatoms. The fourth-order valence-electron chi connectivity index (χ4n) is 3.68. The zero-order chi connectivity index (χ0) is 20.4. The highest BCUT2D eigenvalue weighted by atomic mass is 32.1. The number of hydrogen-bond donors (Lipinski definition) is 2. The van der Waals surface area contributed by atoms with Gasteiger partial charge in [0.15, 0.2) is 0 Å². The number of thiophene rings is 1. The molecule has 29 heavy (non-hydrogen) atoms. The Morgan fingerprint density at radius 2 is 2.07 bits per heavy atom. The minimum atomic E-state index is -1.02. The Morgan fingerprint density at radius 3 is 2.79 bits per heavy atom. The predicted molar refractivity (Wildman–Crippen MR) is 113 cm³/mol. The van der Waals surface area contributed by atoms with Crippen molar-refractivity contribution in [3.63, 3.8) is 0 Å². The quantitative estimate of drug-likeness (QED) is 0.626. The molecule has 2 heterocycles. The zero-order valence-corrected chi connectivity index (χ0v) is 16.5. The van der Waals surface area contributed by atoms with E-state index in [1.54, 1.807) is 0 Å². The number of fused-ring (bicyclic) bond motifs is 1. The average Bonchev–Trinajstić information content (AvgIpc) is 3.12. The van der Waals surface area contributed by atoms with Gasteiger partial charge in [0.05, 0.1) is 30.9 Å². The Kier molecular flexibility index (Phi) is 5.49. The smallest absolute Gasteiger partial charge is 0.344 e. The summed E-state index contributed by atoms with van der Waals surface area (Å²) in [5.41, 5.74) is 1.91. The molecule has 0 bridgehead atoms. The number of carboxylic acids is 1. The number of rotatable bonds is 5. The van der Waals surface area contributed by atoms with Gasteiger partial charge in [0, 0.05) is 13.1 Å². The van der Waals surface area contributed by atoms with Crippen LogP contribution in [0.3, 0.4) is 0 Å². The molecule has 0 radical (unpaired) electrons. The lowest BCUT2D eigenvalue weighted by Gasteiger charge is -2.33. The number of benzene rings is 2. The summed E-state index contributed by atoms with van der Waals surface area (Å²) in [7, 11) is 0. The summed E-state index contributed by atoms with van der Waals surface area (Å²) >= 11 is 1.14. The molecule has 2 N–H and O–H groups in total. The van der Waals surface area contributed by atoms with Gasteiger partial charge in [-0.3, -0.25) is 0 Å². The predicted octanol–water partition coefficient (Wildman–Crippen LogP) is 3.94. The highest BCUT2D eigenvalue weighted by Gasteiger charge is 2.29.